The van der Waals surface area contributed by atoms with Crippen LogP contribution >= 0.6 is 0 Å². The van der Waals surface area contributed by atoms with Gasteiger partial charge in [0.15, 0.2) is 0 Å². The van der Waals surface area contributed by atoms with Crippen molar-refractivity contribution in [2.75, 3.05) is 0 Å². The molecule has 0 N–H and O–H groups in total. The van der Waals surface area contributed by atoms with Crippen LogP contribution < -0.4 is 0 Å². The molecule has 22 heavy (non-hydrogen) atoms. The first-order valence-corrected chi connectivity index (χ1v) is 7.34. The zero-order valence-corrected chi connectivity index (χ0v) is 12.8. The lowest BCUT2D eigenvalue weighted by molar-refractivity contribution is 1.34. The third kappa shape index (κ3) is 2.96. The summed E-state index contributed by atoms with van der Waals surface area (Å²) in [6.45, 7) is 4.24. The number of aromatic nitrogens is 2. The van der Waals surface area contributed by atoms with Gasteiger partial charge in [0, 0.05) is 35.6 Å². The molecule has 0 fully saturated rings. The predicted octanol–water partition coefficient (Wildman–Crippen LogP) is 5.09. The summed E-state index contributed by atoms with van der Waals surface area (Å²) in [6, 6.07) is 16.6. The predicted molar refractivity (Wildman–Crippen MR) is 93.0 cm³/mol. The van der Waals surface area contributed by atoms with Gasteiger partial charge in [0.1, 0.15) is 0 Å². The van der Waals surface area contributed by atoms with Crippen LogP contribution in [-0.4, -0.2) is 9.97 Å². The quantitative estimate of drug-likeness (QED) is 0.421. The number of hydrogen-bond donors (Lipinski definition) is 0. The molecule has 0 saturated heterocycles. The fourth-order valence-electron chi connectivity index (χ4n) is 2.39. The van der Waals surface area contributed by atoms with E-state index in [4.69, 9.17) is 0 Å². The van der Waals surface area contributed by atoms with Crippen LogP contribution in [-0.2, 0) is 0 Å². The summed E-state index contributed by atoms with van der Waals surface area (Å²) in [7, 11) is 0. The highest BCUT2D eigenvalue weighted by Crippen LogP contribution is 2.22. The molecule has 0 saturated carbocycles. The van der Waals surface area contributed by atoms with E-state index in [0.29, 0.717) is 0 Å². The Balaban J connectivity index is 0.000000154. The molecule has 0 aliphatic heterocycles. The maximum atomic E-state index is 4.14. The van der Waals surface area contributed by atoms with Crippen LogP contribution in [0.3, 0.4) is 0 Å². The molecule has 4 aromatic rings. The average Bonchev–Trinajstić information content (AvgIpc) is 2.58. The summed E-state index contributed by atoms with van der Waals surface area (Å²) in [4.78, 5) is 8.27. The van der Waals surface area contributed by atoms with Gasteiger partial charge in [0.25, 0.3) is 0 Å². The lowest BCUT2D eigenvalue weighted by Gasteiger charge is -2.01. The third-order valence-corrected chi connectivity index (χ3v) is 3.87. The Morgan fingerprint density at radius 3 is 1.45 bits per heavy atom. The molecule has 2 nitrogen and oxygen atoms in total. The number of benzene rings is 2. The molecule has 0 bridgehead atoms. The summed E-state index contributed by atoms with van der Waals surface area (Å²) >= 11 is 0. The Bertz CT molecular complexity index is 837. The van der Waals surface area contributed by atoms with Crippen molar-refractivity contribution in [2.45, 2.75) is 13.8 Å². The minimum absolute atomic E-state index is 1.16. The van der Waals surface area contributed by atoms with Crippen molar-refractivity contribution in [3.05, 3.63) is 84.4 Å². The second-order valence-corrected chi connectivity index (χ2v) is 5.34. The number of hydrogen-bond acceptors (Lipinski definition) is 2. The molecule has 0 aliphatic carbocycles. The van der Waals surface area contributed by atoms with Gasteiger partial charge in [-0.25, -0.2) is 0 Å². The van der Waals surface area contributed by atoms with Gasteiger partial charge in [-0.2, -0.15) is 0 Å². The second kappa shape index (κ2) is 6.35. The maximum Gasteiger partial charge on any atom is 0.0353 e. The van der Waals surface area contributed by atoms with Gasteiger partial charge in [0.05, 0.1) is 0 Å². The number of aryl methyl sites for hydroxylation is 2. The fourth-order valence-corrected chi connectivity index (χ4v) is 2.39. The molecule has 0 unspecified atom stereocenters. The first kappa shape index (κ1) is 14.2. The van der Waals surface area contributed by atoms with Crippen LogP contribution in [0, 0.1) is 13.8 Å². The molecular formula is C20H18N2. The molecule has 0 spiro atoms. The molecule has 0 aliphatic rings. The average molecular weight is 286 g/mol. The summed E-state index contributed by atoms with van der Waals surface area (Å²) < 4.78 is 0. The maximum absolute atomic E-state index is 4.14. The number of pyridine rings is 2. The van der Waals surface area contributed by atoms with Crippen LogP contribution in [0.1, 0.15) is 11.1 Å². The van der Waals surface area contributed by atoms with Crippen molar-refractivity contribution in [3.8, 4) is 0 Å². The Morgan fingerprint density at radius 2 is 1.05 bits per heavy atom. The Hall–Kier alpha value is -2.74. The van der Waals surface area contributed by atoms with Crippen LogP contribution in [0.5, 0.6) is 0 Å². The standard InChI is InChI=1S/C12H8N2.C8H10/c1-2-10-4-6-14-8-12(10)11-7-13-5-3-9(1)11;1-7-5-3-4-6-8(7)2/h1-8H;3-6H,1-2H3. The largest absolute Gasteiger partial charge is 0.264 e. The van der Waals surface area contributed by atoms with Gasteiger partial charge >= 0.3 is 0 Å². The van der Waals surface area contributed by atoms with Crippen molar-refractivity contribution in [2.24, 2.45) is 0 Å². The van der Waals surface area contributed by atoms with E-state index >= 15 is 0 Å². The van der Waals surface area contributed by atoms with E-state index in [0.717, 1.165) is 10.8 Å². The summed E-state index contributed by atoms with van der Waals surface area (Å²) in [5, 5.41) is 4.75. The zero-order valence-electron chi connectivity index (χ0n) is 12.8. The van der Waals surface area contributed by atoms with Crippen molar-refractivity contribution < 1.29 is 0 Å². The SMILES string of the molecule is Cc1ccccc1C.c1cc2ccc3ccncc3c2cn1. The highest BCUT2D eigenvalue weighted by Gasteiger charge is 1.98. The summed E-state index contributed by atoms with van der Waals surface area (Å²) in [6.07, 6.45) is 7.40. The van der Waals surface area contributed by atoms with Crippen LogP contribution in [0.25, 0.3) is 21.5 Å². The lowest BCUT2D eigenvalue weighted by Crippen LogP contribution is -1.79. The van der Waals surface area contributed by atoms with Gasteiger partial charge in [0.2, 0.25) is 0 Å². The van der Waals surface area contributed by atoms with Crippen molar-refractivity contribution >= 4 is 21.5 Å². The van der Waals surface area contributed by atoms with E-state index in [1.165, 1.54) is 21.9 Å². The lowest BCUT2D eigenvalue weighted by atomic mass is 10.1. The minimum atomic E-state index is 1.16. The van der Waals surface area contributed by atoms with E-state index in [-0.39, 0.29) is 0 Å². The normalized spacial score (nSPS) is 10.3. The molecule has 0 atom stereocenters. The first-order valence-electron chi connectivity index (χ1n) is 7.34. The molecule has 108 valence electrons. The van der Waals surface area contributed by atoms with E-state index in [2.05, 4.69) is 60.2 Å². The first-order chi connectivity index (χ1) is 10.8. The molecule has 2 aromatic heterocycles. The zero-order chi connectivity index (χ0) is 15.4. The number of fused-ring (bicyclic) bond motifs is 3. The fraction of sp³-hybridized carbons (Fsp3) is 0.100. The van der Waals surface area contributed by atoms with Gasteiger partial charge in [-0.05, 0) is 47.9 Å². The summed E-state index contributed by atoms with van der Waals surface area (Å²) in [5.74, 6) is 0. The molecule has 2 heteroatoms. The van der Waals surface area contributed by atoms with Crippen molar-refractivity contribution in [3.63, 3.8) is 0 Å². The molecule has 0 amide bonds. The Kier molecular flexibility index (Phi) is 4.10. The monoisotopic (exact) mass is 286 g/mol. The van der Waals surface area contributed by atoms with E-state index in [1.54, 1.807) is 0 Å². The number of rotatable bonds is 0. The van der Waals surface area contributed by atoms with Crippen molar-refractivity contribution in [1.82, 2.24) is 9.97 Å². The van der Waals surface area contributed by atoms with Crippen LogP contribution in [0.4, 0.5) is 0 Å². The summed E-state index contributed by atoms with van der Waals surface area (Å²) in [5.41, 5.74) is 2.74. The minimum Gasteiger partial charge on any atom is -0.264 e. The highest BCUT2D eigenvalue weighted by atomic mass is 14.6. The smallest absolute Gasteiger partial charge is 0.0353 e. The van der Waals surface area contributed by atoms with Gasteiger partial charge in [-0.15, -0.1) is 0 Å². The van der Waals surface area contributed by atoms with Gasteiger partial charge < -0.3 is 0 Å². The third-order valence-electron chi connectivity index (χ3n) is 3.87. The molecule has 4 rings (SSSR count). The molecule has 0 radical (unpaired) electrons. The van der Waals surface area contributed by atoms with Crippen LogP contribution in [0.2, 0.25) is 0 Å². The second-order valence-electron chi connectivity index (χ2n) is 5.34. The molecule has 2 heterocycles. The topological polar surface area (TPSA) is 25.8 Å². The Labute approximate surface area is 130 Å². The van der Waals surface area contributed by atoms with E-state index in [1.807, 2.05) is 36.9 Å². The highest BCUT2D eigenvalue weighted by molar-refractivity contribution is 6.06. The number of nitrogens with zero attached hydrogens (tertiary/aromatic N) is 2. The molecule has 2 aromatic carbocycles. The van der Waals surface area contributed by atoms with Crippen LogP contribution in [0.15, 0.2) is 73.3 Å². The van der Waals surface area contributed by atoms with E-state index in [9.17, 15) is 0 Å². The molecular weight excluding hydrogens is 268 g/mol. The van der Waals surface area contributed by atoms with Gasteiger partial charge in [-0.1, -0.05) is 36.4 Å². The van der Waals surface area contributed by atoms with Crippen molar-refractivity contribution in [1.29, 1.82) is 0 Å². The van der Waals surface area contributed by atoms with Gasteiger partial charge in [-0.3, -0.25) is 9.97 Å². The Morgan fingerprint density at radius 1 is 0.591 bits per heavy atom. The van der Waals surface area contributed by atoms with E-state index < -0.39 is 0 Å².